The molecule has 1 saturated heterocycles. The lowest BCUT2D eigenvalue weighted by molar-refractivity contribution is 0.0751. The summed E-state index contributed by atoms with van der Waals surface area (Å²) in [6, 6.07) is 3.69. The molecule has 1 amide bonds. The van der Waals surface area contributed by atoms with E-state index in [1.807, 2.05) is 0 Å². The van der Waals surface area contributed by atoms with Gasteiger partial charge in [0.15, 0.2) is 0 Å². The maximum Gasteiger partial charge on any atom is 0.261 e. The zero-order chi connectivity index (χ0) is 13.3. The van der Waals surface area contributed by atoms with E-state index in [2.05, 4.69) is 25.8 Å². The Balaban J connectivity index is 2.30. The molecule has 0 radical (unpaired) electrons. The summed E-state index contributed by atoms with van der Waals surface area (Å²) in [5.41, 5.74) is 0.613. The molecule has 2 rings (SSSR count). The van der Waals surface area contributed by atoms with Crippen LogP contribution in [0, 0.1) is 5.41 Å². The first kappa shape index (κ1) is 13.5. The molecule has 1 aromatic rings. The van der Waals surface area contributed by atoms with Crippen LogP contribution in [-0.2, 0) is 0 Å². The Morgan fingerprint density at radius 3 is 2.83 bits per heavy atom. The van der Waals surface area contributed by atoms with E-state index in [0.29, 0.717) is 9.88 Å². The highest BCUT2D eigenvalue weighted by Crippen LogP contribution is 2.36. The predicted molar refractivity (Wildman–Crippen MR) is 78.7 cm³/mol. The van der Waals surface area contributed by atoms with Gasteiger partial charge in [-0.2, -0.15) is 0 Å². The van der Waals surface area contributed by atoms with Crippen LogP contribution in [0.3, 0.4) is 0 Å². The second kappa shape index (κ2) is 4.97. The third-order valence-electron chi connectivity index (χ3n) is 3.00. The van der Waals surface area contributed by atoms with Crippen LogP contribution >= 0.6 is 24.0 Å². The normalized spacial score (nSPS) is 20.3. The second-order valence-electron chi connectivity index (χ2n) is 5.38. The van der Waals surface area contributed by atoms with Crippen LogP contribution in [-0.4, -0.2) is 31.9 Å². The van der Waals surface area contributed by atoms with Crippen molar-refractivity contribution in [1.82, 2.24) is 9.88 Å². The molecule has 1 atom stereocenters. The van der Waals surface area contributed by atoms with Gasteiger partial charge in [0.1, 0.15) is 4.32 Å². The van der Waals surface area contributed by atoms with E-state index >= 15 is 0 Å². The lowest BCUT2D eigenvalue weighted by Crippen LogP contribution is -2.45. The molecule has 0 spiro atoms. The Bertz CT molecular complexity index is 468. The van der Waals surface area contributed by atoms with Crippen LogP contribution in [0.2, 0.25) is 0 Å². The molecular weight excluding hydrogens is 264 g/mol. The van der Waals surface area contributed by atoms with Gasteiger partial charge in [0, 0.05) is 18.1 Å². The topological polar surface area (TPSA) is 33.2 Å². The van der Waals surface area contributed by atoms with Gasteiger partial charge in [0.25, 0.3) is 5.91 Å². The number of carbonyl (C=O) groups excluding carboxylic acids is 1. The molecule has 0 N–H and O–H groups in total. The Hall–Kier alpha value is -0.940. The van der Waals surface area contributed by atoms with E-state index in [-0.39, 0.29) is 17.4 Å². The fourth-order valence-corrected chi connectivity index (χ4v) is 3.62. The van der Waals surface area contributed by atoms with Crippen LogP contribution in [0.25, 0.3) is 0 Å². The first-order valence-corrected chi connectivity index (χ1v) is 7.21. The summed E-state index contributed by atoms with van der Waals surface area (Å²) >= 11 is 6.89. The van der Waals surface area contributed by atoms with Crippen molar-refractivity contribution >= 4 is 34.2 Å². The number of hydrogen-bond acceptors (Lipinski definition) is 4. The standard InChI is InChI=1S/C13H16N2OS2/c1-13(2,3)10-8-18-12(17)15(10)11(16)9-5-4-6-14-7-9/h4-7,10H,8H2,1-3H3/t10-/m1/s1. The number of amides is 1. The average Bonchev–Trinajstić information content (AvgIpc) is 2.71. The van der Waals surface area contributed by atoms with E-state index in [0.717, 1.165) is 5.75 Å². The summed E-state index contributed by atoms with van der Waals surface area (Å²) in [7, 11) is 0. The molecule has 0 aromatic carbocycles. The number of thiocarbonyl (C=S) groups is 1. The van der Waals surface area contributed by atoms with Gasteiger partial charge in [0.2, 0.25) is 0 Å². The highest BCUT2D eigenvalue weighted by Gasteiger charge is 2.41. The third kappa shape index (κ3) is 2.57. The molecule has 0 aliphatic carbocycles. The molecule has 1 aromatic heterocycles. The Morgan fingerprint density at radius 2 is 2.28 bits per heavy atom. The Morgan fingerprint density at radius 1 is 1.56 bits per heavy atom. The smallest absolute Gasteiger partial charge is 0.261 e. The summed E-state index contributed by atoms with van der Waals surface area (Å²) in [6.45, 7) is 6.40. The van der Waals surface area contributed by atoms with Crippen LogP contribution in [0.1, 0.15) is 31.1 Å². The van der Waals surface area contributed by atoms with Crippen molar-refractivity contribution in [3.63, 3.8) is 0 Å². The predicted octanol–water partition coefficient (Wildman–Crippen LogP) is 2.97. The number of aromatic nitrogens is 1. The van der Waals surface area contributed by atoms with E-state index < -0.39 is 0 Å². The maximum atomic E-state index is 12.5. The molecular formula is C13H16N2OS2. The fourth-order valence-electron chi connectivity index (χ4n) is 1.91. The van der Waals surface area contributed by atoms with E-state index in [9.17, 15) is 4.79 Å². The molecule has 3 nitrogen and oxygen atoms in total. The van der Waals surface area contributed by atoms with Crippen molar-refractivity contribution in [2.45, 2.75) is 26.8 Å². The molecule has 2 heterocycles. The molecule has 1 fully saturated rings. The van der Waals surface area contributed by atoms with Gasteiger partial charge in [0.05, 0.1) is 11.6 Å². The fraction of sp³-hybridized carbons (Fsp3) is 0.462. The number of thioether (sulfide) groups is 1. The monoisotopic (exact) mass is 280 g/mol. The zero-order valence-electron chi connectivity index (χ0n) is 10.7. The van der Waals surface area contributed by atoms with Gasteiger partial charge in [-0.1, -0.05) is 44.8 Å². The summed E-state index contributed by atoms with van der Waals surface area (Å²) in [5.74, 6) is 0.826. The number of nitrogens with zero attached hydrogens (tertiary/aromatic N) is 2. The number of rotatable bonds is 1. The molecule has 1 aliphatic heterocycles. The quantitative estimate of drug-likeness (QED) is 0.741. The minimum atomic E-state index is -0.0435. The summed E-state index contributed by atoms with van der Waals surface area (Å²) in [4.78, 5) is 18.2. The van der Waals surface area contributed by atoms with Crippen molar-refractivity contribution < 1.29 is 4.79 Å². The van der Waals surface area contributed by atoms with Crippen molar-refractivity contribution in [2.24, 2.45) is 5.41 Å². The van der Waals surface area contributed by atoms with Gasteiger partial charge < -0.3 is 0 Å². The Labute approximate surface area is 117 Å². The third-order valence-corrected chi connectivity index (χ3v) is 4.48. The van der Waals surface area contributed by atoms with Crippen LogP contribution in [0.15, 0.2) is 24.5 Å². The highest BCUT2D eigenvalue weighted by atomic mass is 32.2. The van der Waals surface area contributed by atoms with Crippen molar-refractivity contribution in [3.05, 3.63) is 30.1 Å². The van der Waals surface area contributed by atoms with Crippen molar-refractivity contribution in [1.29, 1.82) is 0 Å². The van der Waals surface area contributed by atoms with Crippen LogP contribution < -0.4 is 0 Å². The van der Waals surface area contributed by atoms with Gasteiger partial charge >= 0.3 is 0 Å². The highest BCUT2D eigenvalue weighted by molar-refractivity contribution is 8.23. The largest absolute Gasteiger partial charge is 0.289 e. The SMILES string of the molecule is CC(C)(C)[C@H]1CSC(=S)N1C(=O)c1cccnc1. The molecule has 5 heteroatoms. The first-order valence-electron chi connectivity index (χ1n) is 5.81. The second-order valence-corrected chi connectivity index (χ2v) is 7.03. The van der Waals surface area contributed by atoms with Gasteiger partial charge in [-0.25, -0.2) is 0 Å². The first-order chi connectivity index (χ1) is 8.41. The van der Waals surface area contributed by atoms with E-state index in [1.165, 1.54) is 0 Å². The van der Waals surface area contributed by atoms with Crippen molar-refractivity contribution in [2.75, 3.05) is 5.75 Å². The van der Waals surface area contributed by atoms with Crippen LogP contribution in [0.4, 0.5) is 0 Å². The summed E-state index contributed by atoms with van der Waals surface area (Å²) in [6.07, 6.45) is 3.25. The molecule has 96 valence electrons. The Kier molecular flexibility index (Phi) is 3.73. The molecule has 0 bridgehead atoms. The number of hydrogen-bond donors (Lipinski definition) is 0. The van der Waals surface area contributed by atoms with Crippen molar-refractivity contribution in [3.8, 4) is 0 Å². The van der Waals surface area contributed by atoms with Gasteiger partial charge in [-0.3, -0.25) is 14.7 Å². The molecule has 1 aliphatic rings. The molecule has 0 saturated carbocycles. The minimum Gasteiger partial charge on any atom is -0.289 e. The van der Waals surface area contributed by atoms with E-state index in [4.69, 9.17) is 12.2 Å². The average molecular weight is 280 g/mol. The van der Waals surface area contributed by atoms with E-state index in [1.54, 1.807) is 41.2 Å². The van der Waals surface area contributed by atoms with Gasteiger partial charge in [-0.15, -0.1) is 0 Å². The maximum absolute atomic E-state index is 12.5. The zero-order valence-corrected chi connectivity index (χ0v) is 12.3. The van der Waals surface area contributed by atoms with Gasteiger partial charge in [-0.05, 0) is 17.5 Å². The lowest BCUT2D eigenvalue weighted by atomic mass is 9.87. The molecule has 18 heavy (non-hydrogen) atoms. The number of carbonyl (C=O) groups is 1. The summed E-state index contributed by atoms with van der Waals surface area (Å²) in [5, 5.41) is 0. The number of pyridine rings is 1. The lowest BCUT2D eigenvalue weighted by Gasteiger charge is -2.33. The summed E-state index contributed by atoms with van der Waals surface area (Å²) < 4.78 is 0.670. The minimum absolute atomic E-state index is 0.0193. The van der Waals surface area contributed by atoms with Crippen LogP contribution in [0.5, 0.6) is 0 Å². The molecule has 0 unspecified atom stereocenters.